The quantitative estimate of drug-likeness (QED) is 0.584. The number of hydrogen-bond donors (Lipinski definition) is 2. The molecule has 6 nitrogen and oxygen atoms in total. The van der Waals surface area contributed by atoms with Crippen LogP contribution >= 0.6 is 0 Å². The van der Waals surface area contributed by atoms with Crippen LogP contribution in [0.25, 0.3) is 22.2 Å². The number of fused-ring (bicyclic) bond motifs is 1. The van der Waals surface area contributed by atoms with Crippen molar-refractivity contribution in [3.05, 3.63) is 65.6 Å². The average Bonchev–Trinajstić information content (AvgIpc) is 3.27. The molecule has 1 unspecified atom stereocenters. The molecule has 4 rings (SSSR count). The van der Waals surface area contributed by atoms with Gasteiger partial charge in [0, 0.05) is 17.3 Å². The predicted molar refractivity (Wildman–Crippen MR) is 98.6 cm³/mol. The molecule has 0 saturated heterocycles. The maximum absolute atomic E-state index is 11.6. The lowest BCUT2D eigenvalue weighted by molar-refractivity contribution is 0.0733. The third kappa shape index (κ3) is 2.42. The molecule has 0 bridgehead atoms. The van der Waals surface area contributed by atoms with Crippen LogP contribution in [0.5, 0.6) is 0 Å². The van der Waals surface area contributed by atoms with E-state index in [-0.39, 0.29) is 0 Å². The minimum absolute atomic E-state index is 0.469. The minimum Gasteiger partial charge on any atom is -0.379 e. The Morgan fingerprint density at radius 2 is 2.04 bits per heavy atom. The van der Waals surface area contributed by atoms with Crippen LogP contribution in [0.3, 0.4) is 0 Å². The van der Waals surface area contributed by atoms with E-state index in [2.05, 4.69) is 20.1 Å². The van der Waals surface area contributed by atoms with Gasteiger partial charge in [0.25, 0.3) is 0 Å². The SMILES string of the molecule is CCC(O)(c1ccccn1)c1cc(-c2c(C)noc2C)cc2[nH]cnc12. The number of aliphatic hydroxyl groups is 1. The van der Waals surface area contributed by atoms with Gasteiger partial charge in [-0.2, -0.15) is 0 Å². The van der Waals surface area contributed by atoms with E-state index >= 15 is 0 Å². The van der Waals surface area contributed by atoms with Gasteiger partial charge in [-0.05, 0) is 50.1 Å². The zero-order chi connectivity index (χ0) is 18.3. The number of aryl methyl sites for hydroxylation is 2. The van der Waals surface area contributed by atoms with Crippen LogP contribution < -0.4 is 0 Å². The summed E-state index contributed by atoms with van der Waals surface area (Å²) in [5.74, 6) is 0.741. The Balaban J connectivity index is 2.02. The molecule has 0 amide bonds. The second-order valence-electron chi connectivity index (χ2n) is 6.45. The van der Waals surface area contributed by atoms with Crippen molar-refractivity contribution < 1.29 is 9.63 Å². The fourth-order valence-corrected chi connectivity index (χ4v) is 3.52. The van der Waals surface area contributed by atoms with Crippen LogP contribution in [0.2, 0.25) is 0 Å². The molecule has 26 heavy (non-hydrogen) atoms. The number of aromatic nitrogens is 4. The summed E-state index contributed by atoms with van der Waals surface area (Å²) in [6.45, 7) is 5.74. The van der Waals surface area contributed by atoms with Crippen LogP contribution in [0.4, 0.5) is 0 Å². The first-order chi connectivity index (χ1) is 12.5. The van der Waals surface area contributed by atoms with Gasteiger partial charge in [-0.1, -0.05) is 18.1 Å². The van der Waals surface area contributed by atoms with Crippen LogP contribution in [-0.2, 0) is 5.60 Å². The van der Waals surface area contributed by atoms with Gasteiger partial charge in [0.2, 0.25) is 0 Å². The highest BCUT2D eigenvalue weighted by molar-refractivity contribution is 5.86. The van der Waals surface area contributed by atoms with Crippen LogP contribution in [0, 0.1) is 13.8 Å². The van der Waals surface area contributed by atoms with E-state index in [1.54, 1.807) is 12.5 Å². The second-order valence-corrected chi connectivity index (χ2v) is 6.45. The topological polar surface area (TPSA) is 87.8 Å². The van der Waals surface area contributed by atoms with E-state index in [1.807, 2.05) is 51.1 Å². The molecule has 0 radical (unpaired) electrons. The highest BCUT2D eigenvalue weighted by Gasteiger charge is 2.34. The normalized spacial score (nSPS) is 13.8. The number of rotatable bonds is 4. The Labute approximate surface area is 150 Å². The van der Waals surface area contributed by atoms with Crippen molar-refractivity contribution >= 4 is 11.0 Å². The summed E-state index contributed by atoms with van der Waals surface area (Å²) in [5, 5.41) is 15.6. The molecular formula is C20H20N4O2. The van der Waals surface area contributed by atoms with Crippen LogP contribution in [0.1, 0.15) is 36.1 Å². The molecule has 132 valence electrons. The van der Waals surface area contributed by atoms with Crippen LogP contribution in [-0.4, -0.2) is 25.2 Å². The van der Waals surface area contributed by atoms with Gasteiger partial charge < -0.3 is 14.6 Å². The number of aromatic amines is 1. The van der Waals surface area contributed by atoms with Gasteiger partial charge in [0.1, 0.15) is 11.4 Å². The molecule has 0 saturated carbocycles. The summed E-state index contributed by atoms with van der Waals surface area (Å²) >= 11 is 0. The second kappa shape index (κ2) is 6.07. The van der Waals surface area contributed by atoms with Gasteiger partial charge in [-0.25, -0.2) is 4.98 Å². The summed E-state index contributed by atoms with van der Waals surface area (Å²) in [6.07, 6.45) is 3.80. The molecule has 0 spiro atoms. The molecule has 4 aromatic rings. The summed E-state index contributed by atoms with van der Waals surface area (Å²) in [5.41, 5.74) is 4.32. The van der Waals surface area contributed by atoms with Crippen molar-refractivity contribution in [3.63, 3.8) is 0 Å². The van der Waals surface area contributed by atoms with E-state index in [9.17, 15) is 5.11 Å². The lowest BCUT2D eigenvalue weighted by Gasteiger charge is -2.27. The monoisotopic (exact) mass is 348 g/mol. The first kappa shape index (κ1) is 16.5. The number of nitrogens with one attached hydrogen (secondary N) is 1. The summed E-state index contributed by atoms with van der Waals surface area (Å²) in [6, 6.07) is 9.53. The molecule has 3 heterocycles. The Morgan fingerprint density at radius 3 is 2.69 bits per heavy atom. The van der Waals surface area contributed by atoms with Gasteiger partial charge in [0.05, 0.1) is 28.7 Å². The number of H-pyrrole nitrogens is 1. The minimum atomic E-state index is -1.25. The largest absolute Gasteiger partial charge is 0.379 e. The highest BCUT2D eigenvalue weighted by atomic mass is 16.5. The maximum atomic E-state index is 11.6. The summed E-state index contributed by atoms with van der Waals surface area (Å²) < 4.78 is 5.33. The summed E-state index contributed by atoms with van der Waals surface area (Å²) in [4.78, 5) is 12.0. The number of nitrogens with zero attached hydrogens (tertiary/aromatic N) is 3. The molecular weight excluding hydrogens is 328 g/mol. The van der Waals surface area contributed by atoms with Gasteiger partial charge in [-0.3, -0.25) is 4.98 Å². The van der Waals surface area contributed by atoms with Crippen molar-refractivity contribution in [1.29, 1.82) is 0 Å². The molecule has 3 aromatic heterocycles. The van der Waals surface area contributed by atoms with E-state index in [1.165, 1.54) is 0 Å². The average molecular weight is 348 g/mol. The third-order valence-corrected chi connectivity index (χ3v) is 4.89. The molecule has 0 aliphatic rings. The van der Waals surface area contributed by atoms with Crippen LogP contribution in [0.15, 0.2) is 47.4 Å². The van der Waals surface area contributed by atoms with E-state index < -0.39 is 5.60 Å². The number of benzene rings is 1. The van der Waals surface area contributed by atoms with Crippen molar-refractivity contribution in [2.45, 2.75) is 32.8 Å². The Kier molecular flexibility index (Phi) is 3.85. The molecule has 0 fully saturated rings. The highest BCUT2D eigenvalue weighted by Crippen LogP contribution is 2.39. The van der Waals surface area contributed by atoms with Gasteiger partial charge in [-0.15, -0.1) is 0 Å². The number of pyridine rings is 1. The number of imidazole rings is 1. The Bertz CT molecular complexity index is 1050. The Morgan fingerprint density at radius 1 is 1.19 bits per heavy atom. The van der Waals surface area contributed by atoms with Crippen molar-refractivity contribution in [3.8, 4) is 11.1 Å². The summed E-state index contributed by atoms with van der Waals surface area (Å²) in [7, 11) is 0. The molecule has 6 heteroatoms. The molecule has 1 atom stereocenters. The molecule has 0 aliphatic carbocycles. The first-order valence-corrected chi connectivity index (χ1v) is 8.59. The smallest absolute Gasteiger partial charge is 0.141 e. The number of hydrogen-bond acceptors (Lipinski definition) is 5. The van der Waals surface area contributed by atoms with Gasteiger partial charge in [0.15, 0.2) is 0 Å². The van der Waals surface area contributed by atoms with E-state index in [0.29, 0.717) is 17.7 Å². The fraction of sp³-hybridized carbons (Fsp3) is 0.250. The van der Waals surface area contributed by atoms with E-state index in [4.69, 9.17) is 4.52 Å². The van der Waals surface area contributed by atoms with Crippen molar-refractivity contribution in [1.82, 2.24) is 20.1 Å². The van der Waals surface area contributed by atoms with Crippen molar-refractivity contribution in [2.75, 3.05) is 0 Å². The first-order valence-electron chi connectivity index (χ1n) is 8.59. The fourth-order valence-electron chi connectivity index (χ4n) is 3.52. The lowest BCUT2D eigenvalue weighted by atomic mass is 9.84. The Hall–Kier alpha value is -2.99. The predicted octanol–water partition coefficient (Wildman–Crippen LogP) is 3.88. The maximum Gasteiger partial charge on any atom is 0.141 e. The zero-order valence-corrected chi connectivity index (χ0v) is 14.9. The zero-order valence-electron chi connectivity index (χ0n) is 14.9. The van der Waals surface area contributed by atoms with Gasteiger partial charge >= 0.3 is 0 Å². The standard InChI is InChI=1S/C20H20N4O2/c1-4-20(25,17-7-5-6-8-21-17)15-9-14(10-16-19(15)23-11-22-16)18-12(2)24-26-13(18)3/h5-11,25H,4H2,1-3H3,(H,22,23). The lowest BCUT2D eigenvalue weighted by Crippen LogP contribution is -2.28. The van der Waals surface area contributed by atoms with Crippen molar-refractivity contribution in [2.24, 2.45) is 0 Å². The van der Waals surface area contributed by atoms with E-state index in [0.717, 1.165) is 33.6 Å². The molecule has 0 aliphatic heterocycles. The third-order valence-electron chi connectivity index (χ3n) is 4.89. The molecule has 2 N–H and O–H groups in total. The molecule has 1 aromatic carbocycles.